The van der Waals surface area contributed by atoms with Crippen molar-refractivity contribution in [3.8, 4) is 0 Å². The molecule has 0 bridgehead atoms. The van der Waals surface area contributed by atoms with Crippen molar-refractivity contribution in [2.24, 2.45) is 10.9 Å². The van der Waals surface area contributed by atoms with Gasteiger partial charge in [-0.25, -0.2) is 0 Å². The van der Waals surface area contributed by atoms with Gasteiger partial charge in [-0.1, -0.05) is 5.16 Å². The standard InChI is InChI=1S/C7H14N2O2/c1-7(2,10)5-3-4-6(8)11-9-5/h6,10H,3-4,8H2,1-2H3. The van der Waals surface area contributed by atoms with Crippen molar-refractivity contribution in [1.29, 1.82) is 0 Å². The molecule has 4 heteroatoms. The fraction of sp³-hybridized carbons (Fsp3) is 0.857. The van der Waals surface area contributed by atoms with Gasteiger partial charge in [-0.05, 0) is 20.3 Å². The van der Waals surface area contributed by atoms with E-state index >= 15 is 0 Å². The quantitative estimate of drug-likeness (QED) is 0.573. The molecule has 1 heterocycles. The minimum atomic E-state index is -0.875. The van der Waals surface area contributed by atoms with Gasteiger partial charge in [0, 0.05) is 6.42 Å². The molecule has 1 aliphatic rings. The summed E-state index contributed by atoms with van der Waals surface area (Å²) < 4.78 is 0. The minimum absolute atomic E-state index is 0.305. The van der Waals surface area contributed by atoms with Crippen LogP contribution < -0.4 is 5.73 Å². The van der Waals surface area contributed by atoms with E-state index in [1.54, 1.807) is 13.8 Å². The van der Waals surface area contributed by atoms with Crippen LogP contribution in [-0.2, 0) is 4.84 Å². The second-order valence-electron chi connectivity index (χ2n) is 3.28. The highest BCUT2D eigenvalue weighted by atomic mass is 16.6. The number of nitrogens with two attached hydrogens (primary N) is 1. The fourth-order valence-corrected chi connectivity index (χ4v) is 0.926. The average Bonchev–Trinajstić information content (AvgIpc) is 1.86. The van der Waals surface area contributed by atoms with Gasteiger partial charge in [0.05, 0.1) is 5.71 Å². The zero-order valence-corrected chi connectivity index (χ0v) is 6.87. The van der Waals surface area contributed by atoms with Crippen molar-refractivity contribution in [1.82, 2.24) is 0 Å². The van der Waals surface area contributed by atoms with Crippen LogP contribution in [-0.4, -0.2) is 22.6 Å². The molecule has 0 amide bonds. The van der Waals surface area contributed by atoms with Gasteiger partial charge in [0.25, 0.3) is 0 Å². The Labute approximate surface area is 66.0 Å². The Bertz CT molecular complexity index is 172. The SMILES string of the molecule is CC(C)(O)C1=NOC(N)CC1. The van der Waals surface area contributed by atoms with E-state index in [1.807, 2.05) is 0 Å². The highest BCUT2D eigenvalue weighted by Crippen LogP contribution is 2.15. The summed E-state index contributed by atoms with van der Waals surface area (Å²) in [4.78, 5) is 4.82. The number of aliphatic hydroxyl groups is 1. The molecular weight excluding hydrogens is 144 g/mol. The maximum absolute atomic E-state index is 9.48. The Morgan fingerprint density at radius 3 is 2.73 bits per heavy atom. The fourth-order valence-electron chi connectivity index (χ4n) is 0.926. The van der Waals surface area contributed by atoms with Crippen molar-refractivity contribution >= 4 is 5.71 Å². The van der Waals surface area contributed by atoms with Crippen LogP contribution in [0.2, 0.25) is 0 Å². The monoisotopic (exact) mass is 158 g/mol. The molecule has 3 N–H and O–H groups in total. The lowest BCUT2D eigenvalue weighted by Gasteiger charge is -2.24. The molecule has 0 saturated heterocycles. The Morgan fingerprint density at radius 2 is 2.36 bits per heavy atom. The molecule has 1 unspecified atom stereocenters. The molecule has 0 aromatic carbocycles. The van der Waals surface area contributed by atoms with Crippen LogP contribution >= 0.6 is 0 Å². The smallest absolute Gasteiger partial charge is 0.176 e. The first kappa shape index (κ1) is 8.49. The van der Waals surface area contributed by atoms with Crippen LogP contribution in [0.4, 0.5) is 0 Å². The molecule has 0 aromatic rings. The summed E-state index contributed by atoms with van der Waals surface area (Å²) in [5, 5.41) is 13.2. The maximum Gasteiger partial charge on any atom is 0.176 e. The molecule has 11 heavy (non-hydrogen) atoms. The Balaban J connectivity index is 2.62. The van der Waals surface area contributed by atoms with Crippen LogP contribution in [0.15, 0.2) is 5.16 Å². The number of hydrogen-bond acceptors (Lipinski definition) is 4. The van der Waals surface area contributed by atoms with Crippen LogP contribution in [0, 0.1) is 0 Å². The topological polar surface area (TPSA) is 67.8 Å². The molecule has 0 fully saturated rings. The summed E-state index contributed by atoms with van der Waals surface area (Å²) in [5.74, 6) is 0. The Morgan fingerprint density at radius 1 is 1.73 bits per heavy atom. The Kier molecular flexibility index (Phi) is 2.15. The molecule has 1 aliphatic heterocycles. The van der Waals surface area contributed by atoms with Gasteiger partial charge >= 0.3 is 0 Å². The summed E-state index contributed by atoms with van der Waals surface area (Å²) in [7, 11) is 0. The molecular formula is C7H14N2O2. The van der Waals surface area contributed by atoms with E-state index in [0.29, 0.717) is 12.1 Å². The first-order valence-electron chi connectivity index (χ1n) is 3.71. The van der Waals surface area contributed by atoms with E-state index < -0.39 is 5.60 Å². The van der Waals surface area contributed by atoms with E-state index in [4.69, 9.17) is 10.6 Å². The number of nitrogens with zero attached hydrogens (tertiary/aromatic N) is 1. The van der Waals surface area contributed by atoms with Crippen molar-refractivity contribution in [2.45, 2.75) is 38.5 Å². The van der Waals surface area contributed by atoms with Crippen LogP contribution in [0.1, 0.15) is 26.7 Å². The lowest BCUT2D eigenvalue weighted by atomic mass is 9.98. The molecule has 0 saturated carbocycles. The molecule has 1 rings (SSSR count). The van der Waals surface area contributed by atoms with Crippen LogP contribution in [0.5, 0.6) is 0 Å². The van der Waals surface area contributed by atoms with Gasteiger partial charge in [-0.15, -0.1) is 0 Å². The molecule has 0 spiro atoms. The van der Waals surface area contributed by atoms with Crippen molar-refractivity contribution in [3.63, 3.8) is 0 Å². The predicted molar refractivity (Wildman–Crippen MR) is 42.0 cm³/mol. The average molecular weight is 158 g/mol. The predicted octanol–water partition coefficient (Wildman–Crippen LogP) is 0.208. The van der Waals surface area contributed by atoms with Gasteiger partial charge in [-0.3, -0.25) is 5.73 Å². The summed E-state index contributed by atoms with van der Waals surface area (Å²) >= 11 is 0. The van der Waals surface area contributed by atoms with E-state index in [1.165, 1.54) is 0 Å². The maximum atomic E-state index is 9.48. The number of rotatable bonds is 1. The normalized spacial score (nSPS) is 25.8. The largest absolute Gasteiger partial charge is 0.384 e. The molecule has 0 aliphatic carbocycles. The van der Waals surface area contributed by atoms with Gasteiger partial charge < -0.3 is 9.94 Å². The second kappa shape index (κ2) is 2.79. The first-order chi connectivity index (χ1) is 5.00. The Hall–Kier alpha value is -0.610. The van der Waals surface area contributed by atoms with Gasteiger partial charge in [-0.2, -0.15) is 0 Å². The molecule has 1 atom stereocenters. The lowest BCUT2D eigenvalue weighted by molar-refractivity contribution is 0.0370. The highest BCUT2D eigenvalue weighted by molar-refractivity contribution is 5.91. The summed E-state index contributed by atoms with van der Waals surface area (Å²) in [5.41, 5.74) is 5.22. The zero-order chi connectivity index (χ0) is 8.48. The van der Waals surface area contributed by atoms with E-state index in [2.05, 4.69) is 5.16 Å². The third-order valence-corrected chi connectivity index (χ3v) is 1.67. The summed E-state index contributed by atoms with van der Waals surface area (Å²) in [6, 6.07) is 0. The van der Waals surface area contributed by atoms with Gasteiger partial charge in [0.2, 0.25) is 0 Å². The second-order valence-corrected chi connectivity index (χ2v) is 3.28. The van der Waals surface area contributed by atoms with Gasteiger partial charge in [0.15, 0.2) is 6.23 Å². The van der Waals surface area contributed by atoms with Crippen molar-refractivity contribution in [2.75, 3.05) is 0 Å². The van der Waals surface area contributed by atoms with E-state index in [0.717, 1.165) is 6.42 Å². The third kappa shape index (κ3) is 2.17. The lowest BCUT2D eigenvalue weighted by Crippen LogP contribution is -2.37. The summed E-state index contributed by atoms with van der Waals surface area (Å²) in [6.07, 6.45) is 1.13. The van der Waals surface area contributed by atoms with Crippen molar-refractivity contribution < 1.29 is 9.94 Å². The first-order valence-corrected chi connectivity index (χ1v) is 3.71. The third-order valence-electron chi connectivity index (χ3n) is 1.67. The zero-order valence-electron chi connectivity index (χ0n) is 6.87. The van der Waals surface area contributed by atoms with Crippen LogP contribution in [0.3, 0.4) is 0 Å². The van der Waals surface area contributed by atoms with Crippen molar-refractivity contribution in [3.05, 3.63) is 0 Å². The molecule has 64 valence electrons. The van der Waals surface area contributed by atoms with E-state index in [9.17, 15) is 5.11 Å². The molecule has 0 aromatic heterocycles. The minimum Gasteiger partial charge on any atom is -0.384 e. The van der Waals surface area contributed by atoms with E-state index in [-0.39, 0.29) is 6.23 Å². The summed E-state index contributed by atoms with van der Waals surface area (Å²) in [6.45, 7) is 3.37. The number of oxime groups is 1. The number of hydrogen-bond donors (Lipinski definition) is 2. The molecule has 4 nitrogen and oxygen atoms in total. The van der Waals surface area contributed by atoms with Crippen LogP contribution in [0.25, 0.3) is 0 Å². The molecule has 0 radical (unpaired) electrons. The van der Waals surface area contributed by atoms with Gasteiger partial charge in [0.1, 0.15) is 5.60 Å². The highest BCUT2D eigenvalue weighted by Gasteiger charge is 2.25.